The number of hydrogen-bond donors (Lipinski definition) is 3. The summed E-state index contributed by atoms with van der Waals surface area (Å²) in [6.07, 6.45) is 8.70. The van der Waals surface area contributed by atoms with Crippen LogP contribution in [0.25, 0.3) is 11.3 Å². The van der Waals surface area contributed by atoms with Crippen molar-refractivity contribution in [3.8, 4) is 11.3 Å². The van der Waals surface area contributed by atoms with Gasteiger partial charge < -0.3 is 16.0 Å². The van der Waals surface area contributed by atoms with E-state index in [1.54, 1.807) is 12.4 Å². The second kappa shape index (κ2) is 11.7. The Labute approximate surface area is 216 Å². The average Bonchev–Trinajstić information content (AvgIpc) is 2.88. The zero-order chi connectivity index (χ0) is 24.7. The number of nitrogens with one attached hydrogen (secondary N) is 3. The van der Waals surface area contributed by atoms with E-state index in [9.17, 15) is 4.79 Å². The molecule has 8 nitrogen and oxygen atoms in total. The predicted molar refractivity (Wildman–Crippen MR) is 144 cm³/mol. The number of amides is 1. The second-order valence-electron chi connectivity index (χ2n) is 9.56. The molecule has 36 heavy (non-hydrogen) atoms. The Morgan fingerprint density at radius 3 is 2.67 bits per heavy atom. The first kappa shape index (κ1) is 24.5. The molecule has 188 valence electrons. The molecule has 1 fully saturated rings. The van der Waals surface area contributed by atoms with Crippen molar-refractivity contribution >= 4 is 35.0 Å². The molecule has 1 amide bonds. The van der Waals surface area contributed by atoms with E-state index < -0.39 is 0 Å². The van der Waals surface area contributed by atoms with Crippen molar-refractivity contribution in [1.29, 1.82) is 0 Å². The normalized spacial score (nSPS) is 21.1. The third-order valence-electron chi connectivity index (χ3n) is 6.83. The predicted octanol–water partition coefficient (Wildman–Crippen LogP) is 4.51. The molecule has 8 rings (SSSR count). The van der Waals surface area contributed by atoms with Crippen molar-refractivity contribution in [2.24, 2.45) is 5.92 Å². The van der Waals surface area contributed by atoms with Gasteiger partial charge in [0.15, 0.2) is 0 Å². The summed E-state index contributed by atoms with van der Waals surface area (Å²) in [5.74, 6) is 2.08. The number of hydrogen-bond acceptors (Lipinski definition) is 7. The molecule has 0 saturated carbocycles. The Kier molecular flexibility index (Phi) is 7.93. The summed E-state index contributed by atoms with van der Waals surface area (Å²) >= 11 is 6.45. The highest BCUT2D eigenvalue weighted by Gasteiger charge is 2.21. The lowest BCUT2D eigenvalue weighted by molar-refractivity contribution is -0.122. The van der Waals surface area contributed by atoms with Gasteiger partial charge in [0.25, 0.3) is 0 Å². The van der Waals surface area contributed by atoms with Crippen LogP contribution in [0.5, 0.6) is 0 Å². The van der Waals surface area contributed by atoms with Gasteiger partial charge in [0.05, 0.1) is 12.2 Å². The number of anilines is 3. The zero-order valence-corrected chi connectivity index (χ0v) is 21.1. The molecule has 0 unspecified atom stereocenters. The number of halogens is 1. The van der Waals surface area contributed by atoms with E-state index in [-0.39, 0.29) is 5.91 Å². The summed E-state index contributed by atoms with van der Waals surface area (Å²) < 4.78 is 0. The van der Waals surface area contributed by atoms with Crippen LogP contribution >= 0.6 is 11.6 Å². The highest BCUT2D eigenvalue weighted by molar-refractivity contribution is 6.31. The molecule has 2 aromatic heterocycles. The number of rotatable bonds is 0. The SMILES string of the molecule is O=C1CN2CCC(CCc3cc(Cl)cc(c3)Nc3nccc(n3)-c3ccc(nc3)NCCCN1)CC2. The van der Waals surface area contributed by atoms with Crippen LogP contribution in [0.2, 0.25) is 5.02 Å². The lowest BCUT2D eigenvalue weighted by Crippen LogP contribution is -2.42. The van der Waals surface area contributed by atoms with Gasteiger partial charge in [-0.2, -0.15) is 0 Å². The Hall–Kier alpha value is -3.23. The molecule has 3 aromatic rings. The molecule has 0 atom stereocenters. The molecule has 8 bridgehead atoms. The van der Waals surface area contributed by atoms with Crippen LogP contribution < -0.4 is 16.0 Å². The number of carbonyl (C=O) groups excluding carboxylic acids is 1. The monoisotopic (exact) mass is 505 g/mol. The summed E-state index contributed by atoms with van der Waals surface area (Å²) in [5, 5.41) is 10.4. The van der Waals surface area contributed by atoms with Gasteiger partial charge in [-0.15, -0.1) is 0 Å². The van der Waals surface area contributed by atoms with Crippen LogP contribution in [0.3, 0.4) is 0 Å². The first-order valence-corrected chi connectivity index (χ1v) is 13.1. The number of aromatic nitrogens is 3. The number of aryl methyl sites for hydroxylation is 1. The van der Waals surface area contributed by atoms with Crippen molar-refractivity contribution in [2.45, 2.75) is 32.1 Å². The number of carbonyl (C=O) groups is 1. The molecular weight excluding hydrogens is 474 g/mol. The summed E-state index contributed by atoms with van der Waals surface area (Å²) in [6, 6.07) is 11.9. The lowest BCUT2D eigenvalue weighted by atomic mass is 9.90. The van der Waals surface area contributed by atoms with E-state index in [2.05, 4.69) is 41.9 Å². The fraction of sp³-hybridized carbons (Fsp3) is 0.407. The molecule has 0 spiro atoms. The van der Waals surface area contributed by atoms with Crippen LogP contribution in [0.4, 0.5) is 17.5 Å². The molecule has 1 saturated heterocycles. The fourth-order valence-electron chi connectivity index (χ4n) is 4.82. The van der Waals surface area contributed by atoms with Crippen molar-refractivity contribution < 1.29 is 4.79 Å². The standard InChI is InChI=1S/C27H32ClN7O/c28-22-14-20-3-2-19-7-12-35(13-8-19)18-26(36)30-10-1-9-29-25-5-4-21(17-32-25)24-6-11-31-27(34-24)33-23(15-20)16-22/h4-6,11,14-17,19H,1-3,7-10,12-13,18H2,(H,29,32)(H,30,36)(H,31,33,34). The third-order valence-corrected chi connectivity index (χ3v) is 7.04. The van der Waals surface area contributed by atoms with E-state index in [4.69, 9.17) is 11.6 Å². The first-order valence-electron chi connectivity index (χ1n) is 12.7. The molecule has 9 heteroatoms. The molecule has 0 radical (unpaired) electrons. The van der Waals surface area contributed by atoms with Crippen LogP contribution in [-0.2, 0) is 11.2 Å². The van der Waals surface area contributed by atoms with Crippen molar-refractivity contribution in [2.75, 3.05) is 43.4 Å². The average molecular weight is 506 g/mol. The minimum Gasteiger partial charge on any atom is -0.370 e. The van der Waals surface area contributed by atoms with Crippen LogP contribution in [0.1, 0.15) is 31.2 Å². The largest absolute Gasteiger partial charge is 0.370 e. The molecule has 1 aromatic carbocycles. The summed E-state index contributed by atoms with van der Waals surface area (Å²) in [5.41, 5.74) is 3.77. The Morgan fingerprint density at radius 1 is 0.972 bits per heavy atom. The van der Waals surface area contributed by atoms with Crippen LogP contribution in [0, 0.1) is 5.92 Å². The Bertz CT molecular complexity index is 1180. The lowest BCUT2D eigenvalue weighted by Gasteiger charge is -2.31. The van der Waals surface area contributed by atoms with E-state index in [1.807, 2.05) is 30.3 Å². The van der Waals surface area contributed by atoms with E-state index in [0.29, 0.717) is 30.0 Å². The summed E-state index contributed by atoms with van der Waals surface area (Å²) in [7, 11) is 0. The number of nitrogens with zero attached hydrogens (tertiary/aromatic N) is 4. The molecule has 0 aliphatic carbocycles. The third kappa shape index (κ3) is 6.71. The number of pyridine rings is 1. The number of piperidine rings is 1. The van der Waals surface area contributed by atoms with Gasteiger partial charge in [-0.3, -0.25) is 9.69 Å². The maximum Gasteiger partial charge on any atom is 0.234 e. The van der Waals surface area contributed by atoms with Crippen LogP contribution in [0.15, 0.2) is 48.8 Å². The zero-order valence-electron chi connectivity index (χ0n) is 20.3. The molecule has 5 aliphatic rings. The van der Waals surface area contributed by atoms with Gasteiger partial charge in [-0.1, -0.05) is 11.6 Å². The van der Waals surface area contributed by atoms with Gasteiger partial charge in [0.2, 0.25) is 11.9 Å². The van der Waals surface area contributed by atoms with Gasteiger partial charge >= 0.3 is 0 Å². The summed E-state index contributed by atoms with van der Waals surface area (Å²) in [6.45, 7) is 3.81. The second-order valence-corrected chi connectivity index (χ2v) is 10.00. The minimum absolute atomic E-state index is 0.105. The molecule has 3 N–H and O–H groups in total. The Morgan fingerprint density at radius 2 is 1.83 bits per heavy atom. The van der Waals surface area contributed by atoms with Gasteiger partial charge in [-0.05, 0) is 93.1 Å². The minimum atomic E-state index is 0.105. The van der Waals surface area contributed by atoms with Gasteiger partial charge in [0, 0.05) is 41.8 Å². The first-order chi connectivity index (χ1) is 17.6. The van der Waals surface area contributed by atoms with Crippen molar-refractivity contribution in [1.82, 2.24) is 25.2 Å². The molecular formula is C27H32ClN7O. The topological polar surface area (TPSA) is 95.1 Å². The Balaban J connectivity index is 1.35. The molecule has 7 heterocycles. The quantitative estimate of drug-likeness (QED) is 0.413. The maximum absolute atomic E-state index is 12.4. The van der Waals surface area contributed by atoms with Crippen molar-refractivity contribution in [3.05, 3.63) is 59.4 Å². The fourth-order valence-corrected chi connectivity index (χ4v) is 5.08. The smallest absolute Gasteiger partial charge is 0.234 e. The highest BCUT2D eigenvalue weighted by Crippen LogP contribution is 2.27. The van der Waals surface area contributed by atoms with Crippen molar-refractivity contribution in [3.63, 3.8) is 0 Å². The van der Waals surface area contributed by atoms with Gasteiger partial charge in [-0.25, -0.2) is 15.0 Å². The van der Waals surface area contributed by atoms with E-state index in [0.717, 1.165) is 74.5 Å². The highest BCUT2D eigenvalue weighted by atomic mass is 35.5. The van der Waals surface area contributed by atoms with E-state index in [1.165, 1.54) is 5.56 Å². The van der Waals surface area contributed by atoms with E-state index >= 15 is 0 Å². The number of benzene rings is 1. The summed E-state index contributed by atoms with van der Waals surface area (Å²) in [4.78, 5) is 28.2. The van der Waals surface area contributed by atoms with Gasteiger partial charge in [0.1, 0.15) is 5.82 Å². The van der Waals surface area contributed by atoms with Crippen LogP contribution in [-0.4, -0.2) is 58.5 Å². The maximum atomic E-state index is 12.4. The molecule has 5 aliphatic heterocycles.